The van der Waals surface area contributed by atoms with E-state index in [4.69, 9.17) is 0 Å². The highest BCUT2D eigenvalue weighted by Gasteiger charge is 2.13. The molecule has 1 aromatic heterocycles. The van der Waals surface area contributed by atoms with Crippen molar-refractivity contribution < 1.29 is 0 Å². The minimum atomic E-state index is 0.752. The van der Waals surface area contributed by atoms with E-state index in [-0.39, 0.29) is 0 Å². The van der Waals surface area contributed by atoms with E-state index in [1.54, 1.807) is 0 Å². The molecule has 0 bridgehead atoms. The van der Waals surface area contributed by atoms with Crippen LogP contribution in [0.1, 0.15) is 25.0 Å². The zero-order valence-electron chi connectivity index (χ0n) is 9.07. The van der Waals surface area contributed by atoms with Gasteiger partial charge in [-0.05, 0) is 37.7 Å². The van der Waals surface area contributed by atoms with Crippen molar-refractivity contribution in [3.63, 3.8) is 0 Å². The van der Waals surface area contributed by atoms with Gasteiger partial charge in [0.2, 0.25) is 0 Å². The van der Waals surface area contributed by atoms with Crippen LogP contribution in [0.3, 0.4) is 0 Å². The summed E-state index contributed by atoms with van der Waals surface area (Å²) >= 11 is 2.07. The van der Waals surface area contributed by atoms with Crippen LogP contribution in [-0.2, 0) is 0 Å². The molecular formula is C11H17N3S. The molecule has 1 aliphatic heterocycles. The number of aromatic nitrogens is 2. The van der Waals surface area contributed by atoms with Crippen molar-refractivity contribution in [2.75, 3.05) is 17.6 Å². The number of nitrogens with one attached hydrogen (secondary N) is 1. The predicted molar refractivity (Wildman–Crippen MR) is 65.4 cm³/mol. The lowest BCUT2D eigenvalue weighted by molar-refractivity contribution is 0.676. The number of hydrogen-bond donors (Lipinski definition) is 1. The number of nitrogens with zero attached hydrogens (tertiary/aromatic N) is 2. The Morgan fingerprint density at radius 2 is 2.33 bits per heavy atom. The predicted octanol–water partition coefficient (Wildman–Crippen LogP) is 2.48. The van der Waals surface area contributed by atoms with Crippen molar-refractivity contribution in [2.24, 2.45) is 0 Å². The zero-order valence-corrected chi connectivity index (χ0v) is 9.89. The van der Waals surface area contributed by atoms with E-state index < -0.39 is 0 Å². The molecule has 0 spiro atoms. The van der Waals surface area contributed by atoms with E-state index in [0.29, 0.717) is 0 Å². The van der Waals surface area contributed by atoms with E-state index in [0.717, 1.165) is 23.3 Å². The fraction of sp³-hybridized carbons (Fsp3) is 0.636. The molecule has 0 saturated carbocycles. The topological polar surface area (TPSA) is 37.8 Å². The van der Waals surface area contributed by atoms with Crippen LogP contribution in [0.25, 0.3) is 0 Å². The third-order valence-corrected chi connectivity index (χ3v) is 3.98. The largest absolute Gasteiger partial charge is 0.367 e. The fourth-order valence-corrected chi connectivity index (χ4v) is 2.92. The van der Waals surface area contributed by atoms with Gasteiger partial charge in [-0.3, -0.25) is 0 Å². The Morgan fingerprint density at radius 3 is 3.00 bits per heavy atom. The smallest absolute Gasteiger partial charge is 0.148 e. The third kappa shape index (κ3) is 3.38. The van der Waals surface area contributed by atoms with Crippen LogP contribution < -0.4 is 5.32 Å². The maximum absolute atomic E-state index is 4.09. The van der Waals surface area contributed by atoms with Crippen LogP contribution in [0.15, 0.2) is 12.1 Å². The van der Waals surface area contributed by atoms with Gasteiger partial charge in [0.05, 0.1) is 5.69 Å². The van der Waals surface area contributed by atoms with Gasteiger partial charge >= 0.3 is 0 Å². The molecule has 0 amide bonds. The van der Waals surface area contributed by atoms with Crippen molar-refractivity contribution in [1.82, 2.24) is 10.2 Å². The van der Waals surface area contributed by atoms with Gasteiger partial charge in [-0.15, -0.1) is 5.10 Å². The summed E-state index contributed by atoms with van der Waals surface area (Å²) in [6.45, 7) is 2.97. The summed E-state index contributed by atoms with van der Waals surface area (Å²) < 4.78 is 0. The van der Waals surface area contributed by atoms with Gasteiger partial charge in [0.25, 0.3) is 0 Å². The molecule has 1 fully saturated rings. The van der Waals surface area contributed by atoms with Gasteiger partial charge in [0.1, 0.15) is 5.82 Å². The molecule has 15 heavy (non-hydrogen) atoms. The molecule has 4 heteroatoms. The second-order valence-corrected chi connectivity index (χ2v) is 5.34. The quantitative estimate of drug-likeness (QED) is 0.854. The van der Waals surface area contributed by atoms with Crippen LogP contribution in [0.2, 0.25) is 0 Å². The number of aryl methyl sites for hydroxylation is 1. The summed E-state index contributed by atoms with van der Waals surface area (Å²) in [5.41, 5.74) is 0.965. The molecule has 1 atom stereocenters. The number of hydrogen-bond acceptors (Lipinski definition) is 4. The molecule has 2 rings (SSSR count). The second kappa shape index (κ2) is 5.35. The van der Waals surface area contributed by atoms with E-state index >= 15 is 0 Å². The monoisotopic (exact) mass is 223 g/mol. The average molecular weight is 223 g/mol. The van der Waals surface area contributed by atoms with E-state index in [2.05, 4.69) is 27.3 Å². The molecule has 0 aliphatic carbocycles. The fourth-order valence-electron chi connectivity index (χ4n) is 1.68. The Labute approximate surface area is 95.1 Å². The highest BCUT2D eigenvalue weighted by Crippen LogP contribution is 2.24. The van der Waals surface area contributed by atoms with Crippen LogP contribution in [-0.4, -0.2) is 27.7 Å². The second-order valence-electron chi connectivity index (χ2n) is 3.93. The molecule has 3 nitrogen and oxygen atoms in total. The van der Waals surface area contributed by atoms with Gasteiger partial charge in [0, 0.05) is 11.8 Å². The van der Waals surface area contributed by atoms with Gasteiger partial charge in [-0.25, -0.2) is 0 Å². The third-order valence-electron chi connectivity index (χ3n) is 2.58. The summed E-state index contributed by atoms with van der Waals surface area (Å²) in [7, 11) is 0. The first-order valence-electron chi connectivity index (χ1n) is 5.50. The van der Waals surface area contributed by atoms with Crippen molar-refractivity contribution in [3.05, 3.63) is 17.8 Å². The summed E-state index contributed by atoms with van der Waals surface area (Å²) in [6, 6.07) is 3.99. The van der Waals surface area contributed by atoms with Crippen LogP contribution in [0.4, 0.5) is 5.82 Å². The Bertz CT molecular complexity index is 293. The summed E-state index contributed by atoms with van der Waals surface area (Å²) in [5.74, 6) is 2.21. The Balaban J connectivity index is 1.79. The molecule has 1 aliphatic rings. The standard InChI is InChI=1S/C11H17N3S/c1-9-5-6-11(14-13-9)12-8-10-4-2-3-7-15-10/h5-6,10H,2-4,7-8H2,1H3,(H,12,14). The summed E-state index contributed by atoms with van der Waals surface area (Å²) in [5, 5.41) is 12.2. The first-order valence-corrected chi connectivity index (χ1v) is 6.55. The van der Waals surface area contributed by atoms with Crippen LogP contribution >= 0.6 is 11.8 Å². The van der Waals surface area contributed by atoms with Crippen LogP contribution in [0.5, 0.6) is 0 Å². The minimum Gasteiger partial charge on any atom is -0.367 e. The van der Waals surface area contributed by atoms with Gasteiger partial charge in [-0.2, -0.15) is 16.9 Å². The summed E-state index contributed by atoms with van der Waals surface area (Å²) in [4.78, 5) is 0. The van der Waals surface area contributed by atoms with Crippen molar-refractivity contribution in [1.29, 1.82) is 0 Å². The maximum atomic E-state index is 4.09. The van der Waals surface area contributed by atoms with Crippen LogP contribution in [0, 0.1) is 6.92 Å². The van der Waals surface area contributed by atoms with Crippen molar-refractivity contribution >= 4 is 17.6 Å². The Hall–Kier alpha value is -0.770. The van der Waals surface area contributed by atoms with Gasteiger partial charge in [-0.1, -0.05) is 6.42 Å². The molecular weight excluding hydrogens is 206 g/mol. The molecule has 2 heterocycles. The molecule has 82 valence electrons. The van der Waals surface area contributed by atoms with Crippen molar-refractivity contribution in [2.45, 2.75) is 31.4 Å². The Kier molecular flexibility index (Phi) is 3.83. The average Bonchev–Trinajstić information content (AvgIpc) is 2.30. The molecule has 1 saturated heterocycles. The van der Waals surface area contributed by atoms with Gasteiger partial charge in [0.15, 0.2) is 0 Å². The number of anilines is 1. The SMILES string of the molecule is Cc1ccc(NCC2CCCCS2)nn1. The Morgan fingerprint density at radius 1 is 1.40 bits per heavy atom. The number of thioether (sulfide) groups is 1. The highest BCUT2D eigenvalue weighted by atomic mass is 32.2. The van der Waals surface area contributed by atoms with E-state index in [1.165, 1.54) is 25.0 Å². The first-order chi connectivity index (χ1) is 7.34. The lowest BCUT2D eigenvalue weighted by atomic mass is 10.2. The van der Waals surface area contributed by atoms with E-state index in [9.17, 15) is 0 Å². The molecule has 1 unspecified atom stereocenters. The zero-order chi connectivity index (χ0) is 10.5. The van der Waals surface area contributed by atoms with Crippen molar-refractivity contribution in [3.8, 4) is 0 Å². The van der Waals surface area contributed by atoms with E-state index in [1.807, 2.05) is 19.1 Å². The lowest BCUT2D eigenvalue weighted by Crippen LogP contribution is -2.20. The number of rotatable bonds is 3. The molecule has 0 radical (unpaired) electrons. The minimum absolute atomic E-state index is 0.752. The molecule has 1 aromatic rings. The normalized spacial score (nSPS) is 21.3. The van der Waals surface area contributed by atoms with Gasteiger partial charge < -0.3 is 5.32 Å². The highest BCUT2D eigenvalue weighted by molar-refractivity contribution is 7.99. The lowest BCUT2D eigenvalue weighted by Gasteiger charge is -2.21. The molecule has 1 N–H and O–H groups in total. The maximum Gasteiger partial charge on any atom is 0.148 e. The summed E-state index contributed by atoms with van der Waals surface area (Å²) in [6.07, 6.45) is 4.08. The first kappa shape index (κ1) is 10.7. The molecule has 0 aromatic carbocycles.